The van der Waals surface area contributed by atoms with Gasteiger partial charge in [0.25, 0.3) is 0 Å². The molecule has 1 N–H and O–H groups in total. The number of alkyl halides is 5. The molecule has 12 heteroatoms. The van der Waals surface area contributed by atoms with Gasteiger partial charge < -0.3 is 9.47 Å². The number of benzene rings is 3. The summed E-state index contributed by atoms with van der Waals surface area (Å²) >= 11 is 0. The molecule has 1 aliphatic heterocycles. The van der Waals surface area contributed by atoms with Crippen molar-refractivity contribution in [2.75, 3.05) is 25.1 Å². The van der Waals surface area contributed by atoms with Crippen LogP contribution < -0.4 is 5.32 Å². The molecule has 5 nitrogen and oxygen atoms in total. The molecular weight excluding hydrogens is 569 g/mol. The maximum Gasteiger partial charge on any atom is 0.453 e. The highest BCUT2D eigenvalue weighted by Gasteiger charge is 2.56. The van der Waals surface area contributed by atoms with Gasteiger partial charge in [0.2, 0.25) is 0 Å². The van der Waals surface area contributed by atoms with Gasteiger partial charge in [-0.15, -0.1) is 0 Å². The first-order chi connectivity index (χ1) is 19.9. The van der Waals surface area contributed by atoms with Gasteiger partial charge >= 0.3 is 18.2 Å². The van der Waals surface area contributed by atoms with Crippen molar-refractivity contribution in [2.24, 2.45) is 4.99 Å². The molecule has 0 saturated heterocycles. The van der Waals surface area contributed by atoms with Crippen LogP contribution >= 0.6 is 0 Å². The van der Waals surface area contributed by atoms with E-state index in [2.05, 4.69) is 10.3 Å². The molecule has 0 radical (unpaired) electrons. The number of carbonyl (C=O) groups excluding carboxylic acids is 1. The van der Waals surface area contributed by atoms with Crippen LogP contribution in [0.3, 0.4) is 0 Å². The molecule has 1 heterocycles. The van der Waals surface area contributed by atoms with Gasteiger partial charge in [-0.25, -0.2) is 13.6 Å². The summed E-state index contributed by atoms with van der Waals surface area (Å²) in [5.41, 5.74) is 3.49. The Hall–Kier alpha value is -3.93. The third-order valence-electron chi connectivity index (χ3n) is 6.63. The molecule has 42 heavy (non-hydrogen) atoms. The van der Waals surface area contributed by atoms with Gasteiger partial charge in [0.05, 0.1) is 18.2 Å². The second kappa shape index (κ2) is 13.4. The zero-order valence-electron chi connectivity index (χ0n) is 22.2. The fraction of sp³-hybridized carbons (Fsp3) is 0.333. The average molecular weight is 597 g/mol. The minimum Gasteiger partial charge on any atom is -0.447 e. The van der Waals surface area contributed by atoms with Crippen molar-refractivity contribution in [3.8, 4) is 11.1 Å². The first-order valence-electron chi connectivity index (χ1n) is 13.1. The number of hydrogen-bond acceptors (Lipinski definition) is 4. The Labute approximate surface area is 237 Å². The predicted molar refractivity (Wildman–Crippen MR) is 143 cm³/mol. The number of ether oxygens (including phenoxy) is 2. The normalized spacial score (nSPS) is 15.4. The van der Waals surface area contributed by atoms with Crippen LogP contribution in [-0.2, 0) is 9.47 Å². The van der Waals surface area contributed by atoms with Crippen LogP contribution in [0.25, 0.3) is 11.1 Å². The van der Waals surface area contributed by atoms with Gasteiger partial charge in [-0.1, -0.05) is 42.5 Å². The largest absolute Gasteiger partial charge is 0.453 e. The van der Waals surface area contributed by atoms with E-state index in [0.717, 1.165) is 16.7 Å². The van der Waals surface area contributed by atoms with Gasteiger partial charge in [0.1, 0.15) is 18.2 Å². The van der Waals surface area contributed by atoms with Crippen LogP contribution in [0.15, 0.2) is 71.7 Å². The van der Waals surface area contributed by atoms with Crippen LogP contribution in [0.4, 0.5) is 41.2 Å². The number of aliphatic imine (C=N–C) groups is 1. The lowest BCUT2D eigenvalue weighted by Gasteiger charge is -2.19. The monoisotopic (exact) mass is 596 g/mol. The molecule has 0 saturated carbocycles. The van der Waals surface area contributed by atoms with Crippen molar-refractivity contribution >= 4 is 17.5 Å². The Balaban J connectivity index is 1.21. The van der Waals surface area contributed by atoms with Crippen molar-refractivity contribution in [3.05, 3.63) is 89.5 Å². The van der Waals surface area contributed by atoms with E-state index in [-0.39, 0.29) is 31.4 Å². The first-order valence-corrected chi connectivity index (χ1v) is 13.1. The average Bonchev–Trinajstić information content (AvgIpc) is 3.42. The molecule has 4 rings (SSSR count). The lowest BCUT2D eigenvalue weighted by molar-refractivity contribution is -0.285. The highest BCUT2D eigenvalue weighted by molar-refractivity contribution is 6.02. The molecule has 3 aromatic carbocycles. The van der Waals surface area contributed by atoms with Gasteiger partial charge in [0, 0.05) is 24.4 Å². The Morgan fingerprint density at radius 3 is 2.10 bits per heavy atom. The molecule has 1 amide bonds. The number of amides is 1. The molecule has 1 atom stereocenters. The summed E-state index contributed by atoms with van der Waals surface area (Å²) in [7, 11) is 0. The first kappa shape index (κ1) is 31.0. The van der Waals surface area contributed by atoms with Crippen LogP contribution in [0.1, 0.15) is 42.9 Å². The summed E-state index contributed by atoms with van der Waals surface area (Å²) in [6, 6.07) is 18.1. The Kier molecular flexibility index (Phi) is 9.87. The number of halogens is 7. The van der Waals surface area contributed by atoms with Crippen molar-refractivity contribution < 1.29 is 45.0 Å². The number of hydrogen-bond donors (Lipinski definition) is 1. The molecule has 0 fully saturated rings. The van der Waals surface area contributed by atoms with Crippen molar-refractivity contribution in [1.82, 2.24) is 0 Å². The fourth-order valence-electron chi connectivity index (χ4n) is 4.43. The number of anilines is 1. The van der Waals surface area contributed by atoms with Crippen LogP contribution in [-0.4, -0.2) is 43.7 Å². The third kappa shape index (κ3) is 7.87. The third-order valence-corrected chi connectivity index (χ3v) is 6.63. The quantitative estimate of drug-likeness (QED) is 0.178. The molecule has 3 aromatic rings. The van der Waals surface area contributed by atoms with E-state index in [9.17, 15) is 35.5 Å². The number of nitrogens with zero attached hydrogens (tertiary/aromatic N) is 1. The fourth-order valence-corrected chi connectivity index (χ4v) is 4.43. The predicted octanol–water partition coefficient (Wildman–Crippen LogP) is 8.50. The van der Waals surface area contributed by atoms with E-state index in [1.165, 1.54) is 18.2 Å². The summed E-state index contributed by atoms with van der Waals surface area (Å²) < 4.78 is 100. The molecule has 0 spiro atoms. The van der Waals surface area contributed by atoms with Gasteiger partial charge in [-0.05, 0) is 60.2 Å². The summed E-state index contributed by atoms with van der Waals surface area (Å²) in [5.74, 6) is -6.02. The topological polar surface area (TPSA) is 59.9 Å². The summed E-state index contributed by atoms with van der Waals surface area (Å²) in [6.45, 7) is -0.706. The van der Waals surface area contributed by atoms with Gasteiger partial charge in [-0.3, -0.25) is 10.3 Å². The van der Waals surface area contributed by atoms with E-state index in [1.807, 2.05) is 24.3 Å². The summed E-state index contributed by atoms with van der Waals surface area (Å²) in [6.07, 6.45) is -7.14. The molecule has 1 aliphatic rings. The van der Waals surface area contributed by atoms with E-state index in [4.69, 9.17) is 9.47 Å². The molecule has 1 unspecified atom stereocenters. The Bertz CT molecular complexity index is 1370. The Morgan fingerprint density at radius 2 is 1.48 bits per heavy atom. The zero-order valence-corrected chi connectivity index (χ0v) is 22.2. The van der Waals surface area contributed by atoms with E-state index in [1.54, 1.807) is 24.3 Å². The molecular formula is C30H27F7N2O3. The number of carbonyl (C=O) groups is 1. The SMILES string of the molecule is O=C(Nc1ccc(-c2ccc(C3CCC(c4c(F)cccc4F)=N3)cc2)cc1)OCCOCCCC(F)(F)C(F)(F)F. The minimum absolute atomic E-state index is 0.0736. The van der Waals surface area contributed by atoms with E-state index >= 15 is 0 Å². The second-order valence-corrected chi connectivity index (χ2v) is 9.61. The van der Waals surface area contributed by atoms with E-state index < -0.39 is 42.7 Å². The molecule has 0 aliphatic carbocycles. The smallest absolute Gasteiger partial charge is 0.447 e. The van der Waals surface area contributed by atoms with Crippen LogP contribution in [0.2, 0.25) is 0 Å². The van der Waals surface area contributed by atoms with Crippen molar-refractivity contribution in [1.29, 1.82) is 0 Å². The maximum absolute atomic E-state index is 14.1. The molecule has 224 valence electrons. The van der Waals surface area contributed by atoms with Crippen molar-refractivity contribution in [2.45, 2.75) is 43.8 Å². The molecule has 0 bridgehead atoms. The summed E-state index contributed by atoms with van der Waals surface area (Å²) in [4.78, 5) is 16.5. The zero-order chi connectivity index (χ0) is 30.3. The highest BCUT2D eigenvalue weighted by atomic mass is 19.4. The Morgan fingerprint density at radius 1 is 0.857 bits per heavy atom. The second-order valence-electron chi connectivity index (χ2n) is 9.61. The van der Waals surface area contributed by atoms with Gasteiger partial charge in [0.15, 0.2) is 0 Å². The lowest BCUT2D eigenvalue weighted by Crippen LogP contribution is -2.36. The van der Waals surface area contributed by atoms with Crippen LogP contribution in [0, 0.1) is 11.6 Å². The summed E-state index contributed by atoms with van der Waals surface area (Å²) in [5, 5.41) is 2.52. The van der Waals surface area contributed by atoms with Crippen molar-refractivity contribution in [3.63, 3.8) is 0 Å². The number of rotatable bonds is 11. The minimum atomic E-state index is -5.59. The standard InChI is InChI=1S/C30H27F7N2O3/c31-23-3-1-4-24(32)27(23)26-14-13-25(39-26)21-7-5-19(6-8-21)20-9-11-22(12-10-20)38-28(40)42-18-17-41-16-2-15-29(33,34)30(35,36)37/h1,3-12,25H,2,13-18H2,(H,38,40). The van der Waals surface area contributed by atoms with E-state index in [0.29, 0.717) is 24.2 Å². The molecule has 0 aromatic heterocycles. The lowest BCUT2D eigenvalue weighted by atomic mass is 9.99. The van der Waals surface area contributed by atoms with Gasteiger partial charge in [-0.2, -0.15) is 22.0 Å². The van der Waals surface area contributed by atoms with Crippen LogP contribution in [0.5, 0.6) is 0 Å². The maximum atomic E-state index is 14.1. The highest BCUT2D eigenvalue weighted by Crippen LogP contribution is 2.38. The number of nitrogens with one attached hydrogen (secondary N) is 1.